The zero-order chi connectivity index (χ0) is 40.9. The standard InChI is InChI=1S/C52H57BO5Si/c1-50(2,3)59(45-34-20-10-21-35-45,46-36-22-11-23-37-46)56-38-24-25-40-39-47(40)53-57-48(51(54-4,41-26-12-6-13-27-41)42-28-14-7-15-29-42)49(58-53)52(55-5,43-30-16-8-17-31-43)44-32-18-9-19-33-44/h6-23,26-37,40,47-49H,24-25,38-39H2,1-5H3/t40-,47-,48-,49-/m1/s1. The first-order valence-electron chi connectivity index (χ1n) is 21.2. The van der Waals surface area contributed by atoms with E-state index >= 15 is 0 Å². The molecule has 302 valence electrons. The highest BCUT2D eigenvalue weighted by molar-refractivity contribution is 6.99. The van der Waals surface area contributed by atoms with Crippen molar-refractivity contribution in [3.63, 3.8) is 0 Å². The molecule has 1 aliphatic carbocycles. The van der Waals surface area contributed by atoms with Crippen LogP contribution in [0.5, 0.6) is 0 Å². The van der Waals surface area contributed by atoms with Crippen LogP contribution in [-0.2, 0) is 34.4 Å². The molecule has 0 spiro atoms. The van der Waals surface area contributed by atoms with Crippen molar-refractivity contribution in [2.45, 2.75) is 74.3 Å². The summed E-state index contributed by atoms with van der Waals surface area (Å²) in [7, 11) is 0.501. The quantitative estimate of drug-likeness (QED) is 0.0721. The van der Waals surface area contributed by atoms with E-state index in [0.717, 1.165) is 41.5 Å². The third kappa shape index (κ3) is 7.58. The number of benzene rings is 6. The van der Waals surface area contributed by atoms with Crippen LogP contribution in [0, 0.1) is 5.92 Å². The zero-order valence-corrected chi connectivity index (χ0v) is 36.1. The minimum atomic E-state index is -2.62. The summed E-state index contributed by atoms with van der Waals surface area (Å²) in [6.07, 6.45) is 1.82. The van der Waals surface area contributed by atoms with Crippen LogP contribution in [-0.4, -0.2) is 48.5 Å². The van der Waals surface area contributed by atoms with Crippen molar-refractivity contribution >= 4 is 25.8 Å². The van der Waals surface area contributed by atoms with E-state index in [1.165, 1.54) is 10.4 Å². The average Bonchev–Trinajstić information content (AvgIpc) is 3.94. The number of rotatable bonds is 16. The molecule has 0 amide bonds. The normalized spacial score (nSPS) is 19.8. The predicted octanol–water partition coefficient (Wildman–Crippen LogP) is 10.2. The minimum absolute atomic E-state index is 0.0654. The van der Waals surface area contributed by atoms with Crippen molar-refractivity contribution in [1.29, 1.82) is 0 Å². The lowest BCUT2D eigenvalue weighted by atomic mass is 9.71. The Morgan fingerprint density at radius 1 is 0.525 bits per heavy atom. The Kier molecular flexibility index (Phi) is 12.2. The van der Waals surface area contributed by atoms with Gasteiger partial charge in [-0.2, -0.15) is 0 Å². The molecule has 0 radical (unpaired) electrons. The van der Waals surface area contributed by atoms with E-state index in [1.54, 1.807) is 14.2 Å². The van der Waals surface area contributed by atoms with Crippen LogP contribution in [0.3, 0.4) is 0 Å². The average molecular weight is 801 g/mol. The molecule has 2 aliphatic rings. The summed E-state index contributed by atoms with van der Waals surface area (Å²) >= 11 is 0. The van der Waals surface area contributed by atoms with E-state index in [-0.39, 0.29) is 10.9 Å². The Morgan fingerprint density at radius 3 is 1.19 bits per heavy atom. The van der Waals surface area contributed by atoms with E-state index in [1.807, 2.05) is 24.3 Å². The Hall–Kier alpha value is -4.60. The molecule has 6 aromatic carbocycles. The summed E-state index contributed by atoms with van der Waals surface area (Å²) in [5, 5.41) is 2.55. The molecule has 0 bridgehead atoms. The zero-order valence-electron chi connectivity index (χ0n) is 35.1. The molecule has 0 unspecified atom stereocenters. The van der Waals surface area contributed by atoms with E-state index in [4.69, 9.17) is 23.2 Å². The molecular weight excluding hydrogens is 743 g/mol. The minimum Gasteiger partial charge on any atom is -0.407 e. The predicted molar refractivity (Wildman–Crippen MR) is 242 cm³/mol. The van der Waals surface area contributed by atoms with Crippen LogP contribution in [0.2, 0.25) is 10.9 Å². The summed E-state index contributed by atoms with van der Waals surface area (Å²) in [6, 6.07) is 63.6. The van der Waals surface area contributed by atoms with E-state index < -0.39 is 38.8 Å². The number of ether oxygens (including phenoxy) is 2. The first-order chi connectivity index (χ1) is 28.8. The van der Waals surface area contributed by atoms with Crippen molar-refractivity contribution < 1.29 is 23.2 Å². The molecule has 0 N–H and O–H groups in total. The van der Waals surface area contributed by atoms with Crippen LogP contribution < -0.4 is 10.4 Å². The summed E-state index contributed by atoms with van der Waals surface area (Å²) in [4.78, 5) is 0. The maximum absolute atomic E-state index is 7.41. The fourth-order valence-corrected chi connectivity index (χ4v) is 14.6. The molecule has 1 saturated heterocycles. The van der Waals surface area contributed by atoms with Gasteiger partial charge < -0.3 is 23.2 Å². The third-order valence-electron chi connectivity index (χ3n) is 12.9. The molecule has 7 heteroatoms. The van der Waals surface area contributed by atoms with Gasteiger partial charge in [-0.3, -0.25) is 0 Å². The monoisotopic (exact) mass is 800 g/mol. The van der Waals surface area contributed by atoms with Gasteiger partial charge in [0.1, 0.15) is 23.4 Å². The van der Waals surface area contributed by atoms with Crippen molar-refractivity contribution in [2.24, 2.45) is 5.92 Å². The summed E-state index contributed by atoms with van der Waals surface area (Å²) < 4.78 is 35.8. The number of hydrogen-bond acceptors (Lipinski definition) is 5. The summed E-state index contributed by atoms with van der Waals surface area (Å²) in [5.41, 5.74) is 1.92. The molecule has 5 nitrogen and oxygen atoms in total. The van der Waals surface area contributed by atoms with Gasteiger partial charge in [0, 0.05) is 20.8 Å². The second-order valence-corrected chi connectivity index (χ2v) is 21.4. The second kappa shape index (κ2) is 17.6. The Morgan fingerprint density at radius 2 is 0.864 bits per heavy atom. The molecule has 4 atom stereocenters. The Balaban J connectivity index is 1.12. The molecule has 6 aromatic rings. The second-order valence-electron chi connectivity index (χ2n) is 17.1. The van der Waals surface area contributed by atoms with Gasteiger partial charge in [-0.05, 0) is 68.7 Å². The lowest BCUT2D eigenvalue weighted by Crippen LogP contribution is -2.66. The molecule has 59 heavy (non-hydrogen) atoms. The van der Waals surface area contributed by atoms with Crippen molar-refractivity contribution in [2.75, 3.05) is 20.8 Å². The van der Waals surface area contributed by atoms with Gasteiger partial charge in [-0.15, -0.1) is 0 Å². The maximum atomic E-state index is 7.41. The topological polar surface area (TPSA) is 46.2 Å². The maximum Gasteiger partial charge on any atom is 0.461 e. The fourth-order valence-electron chi connectivity index (χ4n) is 9.99. The Bertz CT molecular complexity index is 1990. The lowest BCUT2D eigenvalue weighted by Gasteiger charge is -2.47. The number of hydrogen-bond donors (Lipinski definition) is 0. The molecule has 0 aromatic heterocycles. The van der Waals surface area contributed by atoms with Gasteiger partial charge in [-0.25, -0.2) is 0 Å². The summed E-state index contributed by atoms with van der Waals surface area (Å²) in [5.74, 6) is 0.663. The highest BCUT2D eigenvalue weighted by Crippen LogP contribution is 2.57. The largest absolute Gasteiger partial charge is 0.461 e. The Labute approximate surface area is 353 Å². The van der Waals surface area contributed by atoms with Crippen LogP contribution in [0.15, 0.2) is 182 Å². The smallest absolute Gasteiger partial charge is 0.407 e. The number of methoxy groups -OCH3 is 2. The first kappa shape index (κ1) is 41.1. The molecule has 2 fully saturated rings. The van der Waals surface area contributed by atoms with E-state index in [2.05, 4.69) is 178 Å². The van der Waals surface area contributed by atoms with Gasteiger partial charge in [0.05, 0.1) is 0 Å². The van der Waals surface area contributed by atoms with Crippen molar-refractivity contribution in [3.8, 4) is 0 Å². The van der Waals surface area contributed by atoms with Gasteiger partial charge in [0.25, 0.3) is 8.32 Å². The molecule has 1 aliphatic heterocycles. The third-order valence-corrected chi connectivity index (χ3v) is 17.9. The van der Waals surface area contributed by atoms with Crippen LogP contribution >= 0.6 is 0 Å². The lowest BCUT2D eigenvalue weighted by molar-refractivity contribution is -0.136. The summed E-state index contributed by atoms with van der Waals surface area (Å²) in [6.45, 7) is 7.71. The highest BCUT2D eigenvalue weighted by Gasteiger charge is 2.65. The van der Waals surface area contributed by atoms with Gasteiger partial charge in [0.2, 0.25) is 0 Å². The highest BCUT2D eigenvalue weighted by atomic mass is 28.4. The van der Waals surface area contributed by atoms with Crippen molar-refractivity contribution in [3.05, 3.63) is 204 Å². The SMILES string of the molecule is COC(c1ccccc1)(c1ccccc1)[C@@H]1OB([C@@H]2C[C@H]2CCCO[Si](c2ccccc2)(c2ccccc2)C(C)(C)C)O[C@H]1C(OC)(c1ccccc1)c1ccccc1. The van der Waals surface area contributed by atoms with Gasteiger partial charge in [-0.1, -0.05) is 203 Å². The molecular formula is C52H57BO5Si. The first-order valence-corrected chi connectivity index (χ1v) is 23.1. The fraction of sp³-hybridized carbons (Fsp3) is 0.308. The van der Waals surface area contributed by atoms with Crippen LogP contribution in [0.25, 0.3) is 0 Å². The van der Waals surface area contributed by atoms with E-state index in [0.29, 0.717) is 12.5 Å². The molecule has 1 heterocycles. The van der Waals surface area contributed by atoms with Gasteiger partial charge >= 0.3 is 7.12 Å². The molecule has 8 rings (SSSR count). The molecule has 1 saturated carbocycles. The van der Waals surface area contributed by atoms with Gasteiger partial charge in [0.15, 0.2) is 0 Å². The van der Waals surface area contributed by atoms with Crippen molar-refractivity contribution in [1.82, 2.24) is 0 Å². The van der Waals surface area contributed by atoms with Crippen LogP contribution in [0.4, 0.5) is 0 Å². The van der Waals surface area contributed by atoms with E-state index in [9.17, 15) is 0 Å². The van der Waals surface area contributed by atoms with Crippen LogP contribution in [0.1, 0.15) is 62.3 Å².